The molecule has 0 unspecified atom stereocenters. The maximum atomic E-state index is 13.4. The van der Waals surface area contributed by atoms with Crippen LogP contribution in [0.4, 0.5) is 13.2 Å². The van der Waals surface area contributed by atoms with Crippen molar-refractivity contribution in [2.75, 3.05) is 0 Å². The highest BCUT2D eigenvalue weighted by Crippen LogP contribution is 2.23. The zero-order valence-corrected chi connectivity index (χ0v) is 8.41. The first kappa shape index (κ1) is 10.7. The molecule has 0 saturated heterocycles. The highest BCUT2D eigenvalue weighted by atomic mass is 19.2. The summed E-state index contributed by atoms with van der Waals surface area (Å²) in [6.07, 6.45) is 2.77. The van der Waals surface area contributed by atoms with Crippen LogP contribution in [-0.2, 0) is 6.42 Å². The molecule has 2 aromatic rings. The van der Waals surface area contributed by atoms with E-state index in [2.05, 4.69) is 10.1 Å². The van der Waals surface area contributed by atoms with Gasteiger partial charge in [0.2, 0.25) is 0 Å². The molecular formula is C10H8F3N3. The third-order valence-corrected chi connectivity index (χ3v) is 2.26. The van der Waals surface area contributed by atoms with Gasteiger partial charge < -0.3 is 0 Å². The highest BCUT2D eigenvalue weighted by Gasteiger charge is 2.18. The lowest BCUT2D eigenvalue weighted by molar-refractivity contribution is 0.440. The molecule has 0 N–H and O–H groups in total. The van der Waals surface area contributed by atoms with E-state index in [-0.39, 0.29) is 17.7 Å². The Morgan fingerprint density at radius 3 is 2.56 bits per heavy atom. The number of rotatable bonds is 2. The molecule has 0 saturated carbocycles. The summed E-state index contributed by atoms with van der Waals surface area (Å²) in [6.45, 7) is 1.65. The van der Waals surface area contributed by atoms with Crippen molar-refractivity contribution < 1.29 is 13.2 Å². The molecule has 0 radical (unpaired) electrons. The topological polar surface area (TPSA) is 30.7 Å². The fourth-order valence-electron chi connectivity index (χ4n) is 1.49. The molecule has 0 amide bonds. The zero-order chi connectivity index (χ0) is 11.7. The Hall–Kier alpha value is -1.85. The van der Waals surface area contributed by atoms with Crippen molar-refractivity contribution in [1.29, 1.82) is 0 Å². The second-order valence-electron chi connectivity index (χ2n) is 3.18. The molecule has 0 aliphatic rings. The summed E-state index contributed by atoms with van der Waals surface area (Å²) in [5.74, 6) is -3.87. The SMILES string of the molecule is CCc1c(-n2cncn2)cc(F)c(F)c1F. The van der Waals surface area contributed by atoms with Gasteiger partial charge in [-0.05, 0) is 6.42 Å². The van der Waals surface area contributed by atoms with Crippen LogP contribution in [0.1, 0.15) is 12.5 Å². The Balaban J connectivity index is 2.70. The van der Waals surface area contributed by atoms with Crippen molar-refractivity contribution in [3.05, 3.63) is 41.7 Å². The lowest BCUT2D eigenvalue weighted by Crippen LogP contribution is -2.06. The normalized spacial score (nSPS) is 10.8. The minimum absolute atomic E-state index is 0.0735. The van der Waals surface area contributed by atoms with Gasteiger partial charge in [-0.15, -0.1) is 0 Å². The van der Waals surface area contributed by atoms with Crippen LogP contribution in [0.5, 0.6) is 0 Å². The monoisotopic (exact) mass is 227 g/mol. The van der Waals surface area contributed by atoms with Crippen LogP contribution in [0.2, 0.25) is 0 Å². The van der Waals surface area contributed by atoms with Crippen LogP contribution in [0.25, 0.3) is 5.69 Å². The standard InChI is InChI=1S/C10H8F3N3/c1-2-6-8(16-5-14-4-15-16)3-7(11)10(13)9(6)12/h3-5H,2H2,1H3. The van der Waals surface area contributed by atoms with E-state index in [9.17, 15) is 13.2 Å². The number of halogens is 3. The first-order valence-corrected chi connectivity index (χ1v) is 4.66. The van der Waals surface area contributed by atoms with Crippen molar-refractivity contribution in [3.63, 3.8) is 0 Å². The molecule has 16 heavy (non-hydrogen) atoms. The van der Waals surface area contributed by atoms with Crippen LogP contribution < -0.4 is 0 Å². The van der Waals surface area contributed by atoms with Gasteiger partial charge in [0.05, 0.1) is 5.69 Å². The lowest BCUT2D eigenvalue weighted by atomic mass is 10.1. The number of aromatic nitrogens is 3. The molecule has 0 fully saturated rings. The number of nitrogens with zero attached hydrogens (tertiary/aromatic N) is 3. The summed E-state index contributed by atoms with van der Waals surface area (Å²) in [5, 5.41) is 3.76. The number of benzene rings is 1. The molecule has 1 heterocycles. The van der Waals surface area contributed by atoms with Gasteiger partial charge in [-0.3, -0.25) is 0 Å². The molecule has 1 aromatic heterocycles. The molecule has 6 heteroatoms. The Morgan fingerprint density at radius 2 is 2.00 bits per heavy atom. The predicted octanol–water partition coefficient (Wildman–Crippen LogP) is 2.25. The van der Waals surface area contributed by atoms with Crippen molar-refractivity contribution >= 4 is 0 Å². The summed E-state index contributed by atoms with van der Waals surface area (Å²) >= 11 is 0. The van der Waals surface area contributed by atoms with E-state index in [1.54, 1.807) is 6.92 Å². The maximum Gasteiger partial charge on any atom is 0.194 e. The van der Waals surface area contributed by atoms with Crippen molar-refractivity contribution in [2.24, 2.45) is 0 Å². The second kappa shape index (κ2) is 3.96. The zero-order valence-electron chi connectivity index (χ0n) is 8.41. The first-order chi connectivity index (χ1) is 7.65. The molecule has 3 nitrogen and oxygen atoms in total. The summed E-state index contributed by atoms with van der Waals surface area (Å²) in [7, 11) is 0. The van der Waals surface area contributed by atoms with Crippen molar-refractivity contribution in [2.45, 2.75) is 13.3 Å². The van der Waals surface area contributed by atoms with Gasteiger partial charge in [0.25, 0.3) is 0 Å². The van der Waals surface area contributed by atoms with Crippen molar-refractivity contribution in [1.82, 2.24) is 14.8 Å². The molecular weight excluding hydrogens is 219 g/mol. The minimum Gasteiger partial charge on any atom is -0.223 e. The predicted molar refractivity (Wildman–Crippen MR) is 50.6 cm³/mol. The summed E-state index contributed by atoms with van der Waals surface area (Å²) in [6, 6.07) is 0.909. The van der Waals surface area contributed by atoms with Crippen molar-refractivity contribution in [3.8, 4) is 5.69 Å². The van der Waals surface area contributed by atoms with E-state index < -0.39 is 17.5 Å². The van der Waals surface area contributed by atoms with Gasteiger partial charge in [0.1, 0.15) is 12.7 Å². The van der Waals surface area contributed by atoms with Gasteiger partial charge in [-0.25, -0.2) is 22.8 Å². The molecule has 84 valence electrons. The molecule has 0 bridgehead atoms. The van der Waals surface area contributed by atoms with Gasteiger partial charge >= 0.3 is 0 Å². The van der Waals surface area contributed by atoms with Crippen LogP contribution in [0.3, 0.4) is 0 Å². The van der Waals surface area contributed by atoms with Gasteiger partial charge in [-0.1, -0.05) is 6.92 Å². The quantitative estimate of drug-likeness (QED) is 0.736. The maximum absolute atomic E-state index is 13.4. The van der Waals surface area contributed by atoms with Crippen LogP contribution in [0.15, 0.2) is 18.7 Å². The molecule has 0 aliphatic carbocycles. The molecule has 0 atom stereocenters. The third-order valence-electron chi connectivity index (χ3n) is 2.26. The molecule has 2 rings (SSSR count). The largest absolute Gasteiger partial charge is 0.223 e. The van der Waals surface area contributed by atoms with E-state index in [1.165, 1.54) is 17.3 Å². The number of hydrogen-bond donors (Lipinski definition) is 0. The summed E-state index contributed by atoms with van der Waals surface area (Å²) < 4.78 is 40.7. The number of hydrogen-bond acceptors (Lipinski definition) is 2. The lowest BCUT2D eigenvalue weighted by Gasteiger charge is -2.09. The minimum atomic E-state index is -1.46. The van der Waals surface area contributed by atoms with Gasteiger partial charge in [0.15, 0.2) is 17.5 Å². The molecule has 0 aliphatic heterocycles. The van der Waals surface area contributed by atoms with Crippen LogP contribution in [-0.4, -0.2) is 14.8 Å². The summed E-state index contributed by atoms with van der Waals surface area (Å²) in [5.41, 5.74) is 0.237. The Labute approximate surface area is 89.5 Å². The molecule has 0 spiro atoms. The Kier molecular flexibility index (Phi) is 2.64. The van der Waals surface area contributed by atoms with Gasteiger partial charge in [-0.2, -0.15) is 5.10 Å². The van der Waals surface area contributed by atoms with Crippen LogP contribution >= 0.6 is 0 Å². The van der Waals surface area contributed by atoms with E-state index in [1.807, 2.05) is 0 Å². The van der Waals surface area contributed by atoms with Gasteiger partial charge in [0, 0.05) is 11.6 Å². The average Bonchev–Trinajstić information content (AvgIpc) is 2.79. The van der Waals surface area contributed by atoms with Crippen LogP contribution in [0, 0.1) is 17.5 Å². The second-order valence-corrected chi connectivity index (χ2v) is 3.18. The average molecular weight is 227 g/mol. The Bertz CT molecular complexity index is 509. The Morgan fingerprint density at radius 1 is 1.25 bits per heavy atom. The van der Waals surface area contributed by atoms with E-state index in [0.29, 0.717) is 0 Å². The third kappa shape index (κ3) is 1.56. The first-order valence-electron chi connectivity index (χ1n) is 4.66. The smallest absolute Gasteiger partial charge is 0.194 e. The highest BCUT2D eigenvalue weighted by molar-refractivity contribution is 5.42. The fourth-order valence-corrected chi connectivity index (χ4v) is 1.49. The van der Waals surface area contributed by atoms with E-state index >= 15 is 0 Å². The fraction of sp³-hybridized carbons (Fsp3) is 0.200. The summed E-state index contributed by atoms with van der Waals surface area (Å²) in [4.78, 5) is 3.67. The molecule has 1 aromatic carbocycles. The van der Waals surface area contributed by atoms with E-state index in [4.69, 9.17) is 0 Å². The van der Waals surface area contributed by atoms with E-state index in [0.717, 1.165) is 6.07 Å².